The molecule has 0 fully saturated rings. The van der Waals surface area contributed by atoms with Gasteiger partial charge in [-0.3, -0.25) is 19.4 Å². The highest BCUT2D eigenvalue weighted by molar-refractivity contribution is 7.91. The number of nitrogens with two attached hydrogens (primary N) is 1. The van der Waals surface area contributed by atoms with Crippen LogP contribution in [0.15, 0.2) is 130 Å². The van der Waals surface area contributed by atoms with Crippen molar-refractivity contribution >= 4 is 68.8 Å². The number of sulfone groups is 1. The first-order chi connectivity index (χ1) is 33.2. The summed E-state index contributed by atoms with van der Waals surface area (Å²) in [6, 6.07) is 29.6. The first-order valence-corrected chi connectivity index (χ1v) is 27.3. The molecule has 5 aromatic carbocycles. The minimum atomic E-state index is -4.18. The van der Waals surface area contributed by atoms with Gasteiger partial charge < -0.3 is 40.9 Å². The molecule has 70 heavy (non-hydrogen) atoms. The van der Waals surface area contributed by atoms with Gasteiger partial charge in [0.25, 0.3) is 11.8 Å². The van der Waals surface area contributed by atoms with E-state index in [2.05, 4.69) is 71.6 Å². The maximum atomic E-state index is 14.2. The molecule has 2 amide bonds. The third kappa shape index (κ3) is 11.6. The van der Waals surface area contributed by atoms with Crippen molar-refractivity contribution < 1.29 is 32.3 Å². The standard InChI is InChI=1S/C54H58N6O8SSi/c1-34-28-41(31-44-49(34)57-32-45(52(55)63)50(44)58-38-16-13-17-39(30-38)67-5)69(65,66)40-18-12-15-36(29-40)53(64)59-37-21-19-35(20-22-37)14-10-8-9-11-27-56-33-47(68-70(6,7)54(2,3)4)42-23-25-46(61)51-43(42)24-26-48(62)60-51/h12-13,15-26,28-32,47,56,61H,8-9,11,27,33H2,1-7H3,(H2,55,63)(H,57,58)(H,59,64)(H,60,62). The molecule has 0 radical (unpaired) electrons. The van der Waals surface area contributed by atoms with Gasteiger partial charge in [-0.05, 0) is 134 Å². The fourth-order valence-corrected chi connectivity index (χ4v) is 10.4. The number of fused-ring (bicyclic) bond motifs is 2. The predicted molar refractivity (Wildman–Crippen MR) is 278 cm³/mol. The molecule has 0 aliphatic rings. The molecule has 14 nitrogen and oxygen atoms in total. The molecule has 362 valence electrons. The number of hydrogen-bond acceptors (Lipinski definition) is 11. The number of aryl methyl sites for hydroxylation is 1. The molecular formula is C54H58N6O8SSi. The normalized spacial score (nSPS) is 12.3. The van der Waals surface area contributed by atoms with Gasteiger partial charge in [-0.1, -0.05) is 50.8 Å². The number of carbonyl (C=O) groups excluding carboxylic acids is 2. The lowest BCUT2D eigenvalue weighted by Gasteiger charge is -2.39. The lowest BCUT2D eigenvalue weighted by Crippen LogP contribution is -2.43. The highest BCUT2D eigenvalue weighted by Gasteiger charge is 2.40. The zero-order valence-electron chi connectivity index (χ0n) is 40.3. The minimum Gasteiger partial charge on any atom is -0.506 e. The van der Waals surface area contributed by atoms with Crippen LogP contribution in [0.4, 0.5) is 17.1 Å². The molecule has 0 saturated carbocycles. The van der Waals surface area contributed by atoms with Crippen molar-refractivity contribution in [1.29, 1.82) is 0 Å². The number of phenolic OH excluding ortho intramolecular Hbond substituents is 1. The van der Waals surface area contributed by atoms with E-state index in [-0.39, 0.29) is 49.1 Å². The number of ether oxygens (including phenoxy) is 1. The van der Waals surface area contributed by atoms with E-state index in [4.69, 9.17) is 14.9 Å². The van der Waals surface area contributed by atoms with E-state index in [1.165, 1.54) is 55.8 Å². The van der Waals surface area contributed by atoms with Crippen molar-refractivity contribution in [3.05, 3.63) is 154 Å². The Kier molecular flexibility index (Phi) is 15.3. The number of amides is 2. The molecule has 1 atom stereocenters. The van der Waals surface area contributed by atoms with E-state index in [1.54, 1.807) is 55.5 Å². The van der Waals surface area contributed by atoms with E-state index in [1.807, 2.05) is 18.2 Å². The van der Waals surface area contributed by atoms with Crippen molar-refractivity contribution in [1.82, 2.24) is 15.3 Å². The summed E-state index contributed by atoms with van der Waals surface area (Å²) in [4.78, 5) is 45.2. The number of anilines is 3. The maximum absolute atomic E-state index is 14.2. The molecule has 2 aromatic heterocycles. The summed E-state index contributed by atoms with van der Waals surface area (Å²) in [5, 5.41) is 21.2. The maximum Gasteiger partial charge on any atom is 0.255 e. The summed E-state index contributed by atoms with van der Waals surface area (Å²) in [5.74, 6) is 5.77. The second kappa shape index (κ2) is 21.1. The van der Waals surface area contributed by atoms with Crippen LogP contribution in [0.5, 0.6) is 11.5 Å². The number of benzene rings is 5. The van der Waals surface area contributed by atoms with Crippen molar-refractivity contribution in [3.8, 4) is 23.3 Å². The predicted octanol–water partition coefficient (Wildman–Crippen LogP) is 9.90. The molecule has 7 rings (SSSR count). The number of H-pyrrole nitrogens is 1. The van der Waals surface area contributed by atoms with Crippen LogP contribution in [0.2, 0.25) is 18.1 Å². The topological polar surface area (TPSA) is 215 Å². The van der Waals surface area contributed by atoms with Crippen LogP contribution < -0.4 is 32.0 Å². The zero-order valence-corrected chi connectivity index (χ0v) is 42.1. The number of nitrogens with zero attached hydrogens (tertiary/aromatic N) is 1. The van der Waals surface area contributed by atoms with E-state index >= 15 is 0 Å². The lowest BCUT2D eigenvalue weighted by atomic mass is 10.0. The number of hydrogen-bond donors (Lipinski definition) is 6. The van der Waals surface area contributed by atoms with Crippen molar-refractivity contribution in [2.45, 2.75) is 81.0 Å². The summed E-state index contributed by atoms with van der Waals surface area (Å²) in [5.41, 5.74) is 10.2. The smallest absolute Gasteiger partial charge is 0.255 e. The lowest BCUT2D eigenvalue weighted by molar-refractivity contribution is 0.0998. The quantitative estimate of drug-likeness (QED) is 0.0287. The SMILES string of the molecule is COc1cccc(Nc2c(C(N)=O)cnc3c(C)cc(S(=O)(=O)c4cccc(C(=O)Nc5ccc(C#CCCCCNCC(O[Si](C)(C)C(C)(C)C)c6ccc(O)c7[nH]c(=O)ccc67)cc5)c4)cc23)c1. The molecule has 1 unspecified atom stereocenters. The van der Waals surface area contributed by atoms with Crippen LogP contribution in [0.25, 0.3) is 21.8 Å². The number of pyridine rings is 2. The van der Waals surface area contributed by atoms with Crippen LogP contribution >= 0.6 is 0 Å². The summed E-state index contributed by atoms with van der Waals surface area (Å²) < 4.78 is 40.7. The first-order valence-electron chi connectivity index (χ1n) is 22.9. The number of nitrogens with one attached hydrogen (secondary N) is 4. The average Bonchev–Trinajstić information content (AvgIpc) is 3.32. The molecule has 0 bridgehead atoms. The minimum absolute atomic E-state index is 0.0154. The van der Waals surface area contributed by atoms with Gasteiger partial charge >= 0.3 is 0 Å². The zero-order chi connectivity index (χ0) is 50.4. The molecule has 7 aromatic rings. The second-order valence-electron chi connectivity index (χ2n) is 18.6. The first kappa shape index (κ1) is 50.6. The van der Waals surface area contributed by atoms with Gasteiger partial charge in [-0.25, -0.2) is 8.42 Å². The summed E-state index contributed by atoms with van der Waals surface area (Å²) >= 11 is 0. The third-order valence-electron chi connectivity index (χ3n) is 12.6. The average molecular weight is 979 g/mol. The van der Waals surface area contributed by atoms with Crippen LogP contribution in [0, 0.1) is 18.8 Å². The number of aromatic nitrogens is 2. The molecule has 2 heterocycles. The number of aromatic hydroxyl groups is 1. The van der Waals surface area contributed by atoms with Crippen molar-refractivity contribution in [3.63, 3.8) is 0 Å². The van der Waals surface area contributed by atoms with Crippen LogP contribution in [0.3, 0.4) is 0 Å². The summed E-state index contributed by atoms with van der Waals surface area (Å²) in [7, 11) is -4.85. The molecule has 0 aliphatic heterocycles. The van der Waals surface area contributed by atoms with Gasteiger partial charge in [0, 0.05) is 64.6 Å². The molecule has 0 spiro atoms. The number of methoxy groups -OCH3 is 1. The van der Waals surface area contributed by atoms with Crippen molar-refractivity contribution in [2.24, 2.45) is 5.73 Å². The highest BCUT2D eigenvalue weighted by Crippen LogP contribution is 2.41. The van der Waals surface area contributed by atoms with Gasteiger partial charge in [0.05, 0.1) is 45.3 Å². The molecule has 0 aliphatic carbocycles. The fraction of sp³-hybridized carbons (Fsp3) is 0.259. The number of carbonyl (C=O) groups is 2. The second-order valence-corrected chi connectivity index (χ2v) is 25.3. The van der Waals surface area contributed by atoms with Gasteiger partial charge in [0.1, 0.15) is 11.5 Å². The number of primary amides is 1. The third-order valence-corrected chi connectivity index (χ3v) is 18.8. The Morgan fingerprint density at radius 1 is 0.900 bits per heavy atom. The number of aromatic amines is 1. The monoisotopic (exact) mass is 978 g/mol. The van der Waals surface area contributed by atoms with Crippen LogP contribution in [-0.2, 0) is 14.3 Å². The van der Waals surface area contributed by atoms with E-state index in [0.717, 1.165) is 35.9 Å². The number of unbranched alkanes of at least 4 members (excludes halogenated alkanes) is 2. The molecular weight excluding hydrogens is 921 g/mol. The Labute approximate surface area is 409 Å². The summed E-state index contributed by atoms with van der Waals surface area (Å²) in [6.07, 6.45) is 3.51. The van der Waals surface area contributed by atoms with Gasteiger partial charge in [-0.2, -0.15) is 0 Å². The summed E-state index contributed by atoms with van der Waals surface area (Å²) in [6.45, 7) is 14.0. The molecule has 16 heteroatoms. The van der Waals surface area contributed by atoms with Crippen LogP contribution in [-0.4, -0.2) is 63.8 Å². The van der Waals surface area contributed by atoms with E-state index in [9.17, 15) is 27.9 Å². The Hall–Kier alpha value is -7.29. The number of rotatable bonds is 17. The van der Waals surface area contributed by atoms with Gasteiger partial charge in [-0.15, -0.1) is 0 Å². The highest BCUT2D eigenvalue weighted by atomic mass is 32.2. The van der Waals surface area contributed by atoms with Crippen molar-refractivity contribution in [2.75, 3.05) is 30.8 Å². The Morgan fingerprint density at radius 2 is 1.66 bits per heavy atom. The molecule has 0 saturated heterocycles. The Balaban J connectivity index is 0.960. The Morgan fingerprint density at radius 3 is 2.39 bits per heavy atom. The van der Waals surface area contributed by atoms with E-state index < -0.39 is 30.0 Å². The van der Waals surface area contributed by atoms with Gasteiger partial charge in [0.2, 0.25) is 15.4 Å². The van der Waals surface area contributed by atoms with E-state index in [0.29, 0.717) is 52.1 Å². The molecule has 7 N–H and O–H groups in total. The largest absolute Gasteiger partial charge is 0.506 e. The van der Waals surface area contributed by atoms with Crippen LogP contribution in [0.1, 0.15) is 83.5 Å². The number of phenols is 1. The van der Waals surface area contributed by atoms with Gasteiger partial charge in [0.15, 0.2) is 8.32 Å². The Bertz CT molecular complexity index is 3340. The fourth-order valence-electron chi connectivity index (χ4n) is 7.70.